The molecule has 0 fully saturated rings. The molecule has 1 aliphatic heterocycles. The maximum absolute atomic E-state index is 11.7. The van der Waals surface area contributed by atoms with Gasteiger partial charge in [0.1, 0.15) is 12.4 Å². The van der Waals surface area contributed by atoms with Gasteiger partial charge in [0.25, 0.3) is 5.91 Å². The van der Waals surface area contributed by atoms with Crippen molar-refractivity contribution in [3.8, 4) is 0 Å². The van der Waals surface area contributed by atoms with Crippen LogP contribution in [-0.2, 0) is 4.79 Å². The van der Waals surface area contributed by atoms with E-state index in [1.165, 1.54) is 0 Å². The van der Waals surface area contributed by atoms with E-state index in [1.807, 2.05) is 31.2 Å². The van der Waals surface area contributed by atoms with Crippen molar-refractivity contribution < 1.29 is 9.90 Å². The Balaban J connectivity index is 2.11. The fraction of sp³-hybridized carbons (Fsp3) is 0.385. The van der Waals surface area contributed by atoms with Gasteiger partial charge in [-0.1, -0.05) is 6.07 Å². The molecular formula is C13H16ClN3O2. The number of rotatable bonds is 5. The summed E-state index contributed by atoms with van der Waals surface area (Å²) in [5, 5.41) is 12.5. The molecule has 5 nitrogen and oxygen atoms in total. The second kappa shape index (κ2) is 6.04. The Bertz CT molecular complexity index is 504. The minimum Gasteiger partial charge on any atom is -0.390 e. The molecule has 0 saturated carbocycles. The SMILES string of the molecule is CC1=NCC(=O)N1c1cccc(NCC(O)CCl)c1. The topological polar surface area (TPSA) is 64.9 Å². The zero-order valence-corrected chi connectivity index (χ0v) is 11.4. The van der Waals surface area contributed by atoms with Gasteiger partial charge in [-0.3, -0.25) is 14.7 Å². The van der Waals surface area contributed by atoms with Gasteiger partial charge in [-0.2, -0.15) is 0 Å². The van der Waals surface area contributed by atoms with Crippen molar-refractivity contribution in [3.63, 3.8) is 0 Å². The van der Waals surface area contributed by atoms with Crippen molar-refractivity contribution in [2.75, 3.05) is 29.2 Å². The van der Waals surface area contributed by atoms with Gasteiger partial charge >= 0.3 is 0 Å². The number of aliphatic imine (C=N–C) groups is 1. The number of nitrogens with one attached hydrogen (secondary N) is 1. The lowest BCUT2D eigenvalue weighted by Crippen LogP contribution is -2.30. The molecule has 2 rings (SSSR count). The lowest BCUT2D eigenvalue weighted by Gasteiger charge is -2.18. The zero-order chi connectivity index (χ0) is 13.8. The number of hydrogen-bond acceptors (Lipinski definition) is 4. The maximum Gasteiger partial charge on any atom is 0.254 e. The number of alkyl halides is 1. The highest BCUT2D eigenvalue weighted by molar-refractivity contribution is 6.20. The number of hydrogen-bond donors (Lipinski definition) is 2. The van der Waals surface area contributed by atoms with Crippen molar-refractivity contribution >= 4 is 34.7 Å². The van der Waals surface area contributed by atoms with E-state index >= 15 is 0 Å². The monoisotopic (exact) mass is 281 g/mol. The van der Waals surface area contributed by atoms with Gasteiger partial charge < -0.3 is 10.4 Å². The summed E-state index contributed by atoms with van der Waals surface area (Å²) in [5.74, 6) is 0.849. The van der Waals surface area contributed by atoms with E-state index < -0.39 is 6.10 Å². The Hall–Kier alpha value is -1.59. The number of carbonyl (C=O) groups is 1. The number of amides is 1. The van der Waals surface area contributed by atoms with Crippen molar-refractivity contribution in [3.05, 3.63) is 24.3 Å². The van der Waals surface area contributed by atoms with Gasteiger partial charge in [-0.05, 0) is 25.1 Å². The molecule has 1 aromatic carbocycles. The molecule has 19 heavy (non-hydrogen) atoms. The smallest absolute Gasteiger partial charge is 0.254 e. The number of nitrogens with zero attached hydrogens (tertiary/aromatic N) is 2. The highest BCUT2D eigenvalue weighted by atomic mass is 35.5. The number of aliphatic hydroxyl groups excluding tert-OH is 1. The van der Waals surface area contributed by atoms with Crippen molar-refractivity contribution in [1.29, 1.82) is 0 Å². The van der Waals surface area contributed by atoms with E-state index in [0.29, 0.717) is 12.4 Å². The van der Waals surface area contributed by atoms with E-state index in [-0.39, 0.29) is 18.3 Å². The first-order valence-electron chi connectivity index (χ1n) is 6.04. The number of benzene rings is 1. The van der Waals surface area contributed by atoms with E-state index in [4.69, 9.17) is 11.6 Å². The highest BCUT2D eigenvalue weighted by Crippen LogP contribution is 2.22. The summed E-state index contributed by atoms with van der Waals surface area (Å²) in [7, 11) is 0. The summed E-state index contributed by atoms with van der Waals surface area (Å²) in [6.45, 7) is 2.38. The molecule has 0 spiro atoms. The Labute approximate surface area is 116 Å². The maximum atomic E-state index is 11.7. The molecule has 1 atom stereocenters. The van der Waals surface area contributed by atoms with Gasteiger partial charge in [-0.15, -0.1) is 11.6 Å². The van der Waals surface area contributed by atoms with Crippen molar-refractivity contribution in [1.82, 2.24) is 0 Å². The normalized spacial score (nSPS) is 16.5. The number of halogens is 1. The van der Waals surface area contributed by atoms with Gasteiger partial charge in [0.2, 0.25) is 0 Å². The first-order valence-corrected chi connectivity index (χ1v) is 6.57. The molecule has 0 saturated heterocycles. The lowest BCUT2D eigenvalue weighted by atomic mass is 10.2. The molecule has 1 heterocycles. The molecular weight excluding hydrogens is 266 g/mol. The van der Waals surface area contributed by atoms with E-state index in [9.17, 15) is 9.90 Å². The Kier molecular flexibility index (Phi) is 4.39. The van der Waals surface area contributed by atoms with Crippen LogP contribution in [0.5, 0.6) is 0 Å². The van der Waals surface area contributed by atoms with E-state index in [2.05, 4.69) is 10.3 Å². The van der Waals surface area contributed by atoms with Crippen LogP contribution in [0.15, 0.2) is 29.3 Å². The van der Waals surface area contributed by atoms with Crippen LogP contribution in [0.3, 0.4) is 0 Å². The lowest BCUT2D eigenvalue weighted by molar-refractivity contribution is -0.115. The summed E-state index contributed by atoms with van der Waals surface area (Å²) >= 11 is 5.53. The first kappa shape index (κ1) is 13.8. The largest absolute Gasteiger partial charge is 0.390 e. The Morgan fingerprint density at radius 1 is 1.58 bits per heavy atom. The molecule has 0 bridgehead atoms. The van der Waals surface area contributed by atoms with Crippen LogP contribution in [0, 0.1) is 0 Å². The van der Waals surface area contributed by atoms with Gasteiger partial charge in [0.15, 0.2) is 0 Å². The molecule has 0 radical (unpaired) electrons. The van der Waals surface area contributed by atoms with Crippen LogP contribution in [0.2, 0.25) is 0 Å². The summed E-state index contributed by atoms with van der Waals surface area (Å²) in [4.78, 5) is 17.4. The second-order valence-corrected chi connectivity index (χ2v) is 4.64. The molecule has 102 valence electrons. The molecule has 1 aliphatic rings. The third-order valence-electron chi connectivity index (χ3n) is 2.84. The minimum absolute atomic E-state index is 0.0320. The van der Waals surface area contributed by atoms with Crippen LogP contribution in [-0.4, -0.2) is 41.9 Å². The van der Waals surface area contributed by atoms with Crippen LogP contribution in [0.25, 0.3) is 0 Å². The molecule has 0 aromatic heterocycles. The molecule has 2 N–H and O–H groups in total. The number of carbonyl (C=O) groups excluding carboxylic acids is 1. The molecule has 1 amide bonds. The second-order valence-electron chi connectivity index (χ2n) is 4.33. The van der Waals surface area contributed by atoms with Gasteiger partial charge in [0, 0.05) is 12.2 Å². The third-order valence-corrected chi connectivity index (χ3v) is 3.20. The summed E-state index contributed by atoms with van der Waals surface area (Å²) in [6, 6.07) is 7.43. The standard InChI is InChI=1S/C13H16ClN3O2/c1-9-15-8-13(19)17(9)11-4-2-3-10(5-11)16-7-12(18)6-14/h2-5,12,16,18H,6-8H2,1H3. The predicted octanol–water partition coefficient (Wildman–Crippen LogP) is 1.46. The molecule has 1 unspecified atom stereocenters. The number of amidine groups is 1. The molecule has 0 aliphatic carbocycles. The average molecular weight is 282 g/mol. The highest BCUT2D eigenvalue weighted by Gasteiger charge is 2.23. The van der Waals surface area contributed by atoms with Crippen LogP contribution in [0.1, 0.15) is 6.92 Å². The van der Waals surface area contributed by atoms with Crippen LogP contribution >= 0.6 is 11.6 Å². The van der Waals surface area contributed by atoms with Crippen molar-refractivity contribution in [2.24, 2.45) is 4.99 Å². The van der Waals surface area contributed by atoms with Gasteiger partial charge in [-0.25, -0.2) is 0 Å². The van der Waals surface area contributed by atoms with Crippen LogP contribution in [0.4, 0.5) is 11.4 Å². The number of aliphatic hydroxyl groups is 1. The minimum atomic E-state index is -0.595. The molecule has 6 heteroatoms. The quantitative estimate of drug-likeness (QED) is 0.803. The Morgan fingerprint density at radius 3 is 3.00 bits per heavy atom. The first-order chi connectivity index (χ1) is 9.11. The third kappa shape index (κ3) is 3.24. The summed E-state index contributed by atoms with van der Waals surface area (Å²) < 4.78 is 0. The fourth-order valence-electron chi connectivity index (χ4n) is 1.88. The zero-order valence-electron chi connectivity index (χ0n) is 10.6. The van der Waals surface area contributed by atoms with Gasteiger partial charge in [0.05, 0.1) is 17.7 Å². The Morgan fingerprint density at radius 2 is 2.37 bits per heavy atom. The number of anilines is 2. The average Bonchev–Trinajstić information content (AvgIpc) is 2.75. The van der Waals surface area contributed by atoms with Crippen molar-refractivity contribution in [2.45, 2.75) is 13.0 Å². The fourth-order valence-corrected chi connectivity index (χ4v) is 1.99. The van der Waals surface area contributed by atoms with E-state index in [1.54, 1.807) is 4.90 Å². The van der Waals surface area contributed by atoms with Crippen LogP contribution < -0.4 is 10.2 Å². The summed E-state index contributed by atoms with van der Waals surface area (Å²) in [6.07, 6.45) is -0.595. The predicted molar refractivity (Wildman–Crippen MR) is 77.1 cm³/mol. The molecule has 1 aromatic rings. The van der Waals surface area contributed by atoms with E-state index in [0.717, 1.165) is 11.4 Å². The summed E-state index contributed by atoms with van der Waals surface area (Å²) in [5.41, 5.74) is 1.60.